The smallest absolute Gasteiger partial charge is 0.422 e. The third kappa shape index (κ3) is 5.88. The van der Waals surface area contributed by atoms with Crippen molar-refractivity contribution in [2.24, 2.45) is 5.73 Å². The van der Waals surface area contributed by atoms with E-state index >= 15 is 0 Å². The number of carbonyl (C=O) groups is 1. The first-order chi connectivity index (χ1) is 9.73. The van der Waals surface area contributed by atoms with Crippen LogP contribution < -0.4 is 15.8 Å². The van der Waals surface area contributed by atoms with E-state index in [-0.39, 0.29) is 23.5 Å². The second-order valence-electron chi connectivity index (χ2n) is 4.20. The molecule has 9 heteroatoms. The molecular weight excluding hydrogens is 293 g/mol. The highest BCUT2D eigenvalue weighted by atomic mass is 19.4. The van der Waals surface area contributed by atoms with E-state index in [9.17, 15) is 23.1 Å². The lowest BCUT2D eigenvalue weighted by atomic mass is 10.1. The summed E-state index contributed by atoms with van der Waals surface area (Å²) in [6, 6.07) is 3.60. The van der Waals surface area contributed by atoms with Crippen LogP contribution in [0.1, 0.15) is 10.4 Å². The molecule has 0 radical (unpaired) electrons. The van der Waals surface area contributed by atoms with Crippen LogP contribution in [0.15, 0.2) is 18.2 Å². The molecule has 0 bridgehead atoms. The van der Waals surface area contributed by atoms with Crippen LogP contribution in [-0.2, 0) is 0 Å². The fourth-order valence-electron chi connectivity index (χ4n) is 1.40. The van der Waals surface area contributed by atoms with E-state index in [1.165, 1.54) is 18.2 Å². The molecule has 118 valence electrons. The summed E-state index contributed by atoms with van der Waals surface area (Å²) in [6.45, 7) is -2.16. The van der Waals surface area contributed by atoms with Gasteiger partial charge in [0.05, 0.1) is 18.4 Å². The highest BCUT2D eigenvalue weighted by Crippen LogP contribution is 2.28. The van der Waals surface area contributed by atoms with Crippen molar-refractivity contribution in [3.63, 3.8) is 0 Å². The average molecular weight is 308 g/mol. The van der Waals surface area contributed by atoms with Crippen LogP contribution in [0, 0.1) is 0 Å². The summed E-state index contributed by atoms with van der Waals surface area (Å²) < 4.78 is 41.1. The second kappa shape index (κ2) is 7.14. The van der Waals surface area contributed by atoms with Crippen molar-refractivity contribution in [2.45, 2.75) is 12.3 Å². The Labute approximate surface area is 118 Å². The lowest BCUT2D eigenvalue weighted by molar-refractivity contribution is -0.153. The Kier molecular flexibility index (Phi) is 5.79. The minimum Gasteiger partial charge on any atom is -0.482 e. The molecule has 1 aromatic rings. The maximum absolute atomic E-state index is 12.2. The number of amides is 1. The molecule has 0 spiro atoms. The number of benzene rings is 1. The second-order valence-corrected chi connectivity index (χ2v) is 4.20. The van der Waals surface area contributed by atoms with E-state index in [1.807, 2.05) is 0 Å². The fraction of sp³-hybridized carbons (Fsp3) is 0.417. The van der Waals surface area contributed by atoms with E-state index in [0.717, 1.165) is 0 Å². The molecule has 1 unspecified atom stereocenters. The summed E-state index contributed by atoms with van der Waals surface area (Å²) in [7, 11) is 0. The number of nitrogens with one attached hydrogen (secondary N) is 1. The van der Waals surface area contributed by atoms with Crippen LogP contribution in [0.5, 0.6) is 5.75 Å². The van der Waals surface area contributed by atoms with Crippen LogP contribution in [0.4, 0.5) is 18.9 Å². The lowest BCUT2D eigenvalue weighted by Crippen LogP contribution is -2.24. The van der Waals surface area contributed by atoms with Gasteiger partial charge in [0.1, 0.15) is 5.75 Å². The number of aliphatic hydroxyl groups excluding tert-OH is 2. The van der Waals surface area contributed by atoms with Gasteiger partial charge in [-0.15, -0.1) is 0 Å². The van der Waals surface area contributed by atoms with Crippen LogP contribution >= 0.6 is 0 Å². The van der Waals surface area contributed by atoms with Gasteiger partial charge in [-0.1, -0.05) is 0 Å². The maximum Gasteiger partial charge on any atom is 0.422 e. The molecule has 21 heavy (non-hydrogen) atoms. The van der Waals surface area contributed by atoms with Crippen molar-refractivity contribution < 1.29 is 32.9 Å². The molecule has 0 saturated carbocycles. The number of anilines is 1. The zero-order chi connectivity index (χ0) is 16.0. The summed E-state index contributed by atoms with van der Waals surface area (Å²) in [5.74, 6) is -0.911. The SMILES string of the molecule is NC(=O)c1ccc(OCC(F)(F)F)c(NCC(O)CO)c1. The molecular formula is C12H15F3N2O4. The van der Waals surface area contributed by atoms with Crippen molar-refractivity contribution >= 4 is 11.6 Å². The van der Waals surface area contributed by atoms with Crippen LogP contribution in [-0.4, -0.2) is 48.2 Å². The van der Waals surface area contributed by atoms with Gasteiger partial charge in [-0.3, -0.25) is 4.79 Å². The van der Waals surface area contributed by atoms with Crippen molar-refractivity contribution in [1.82, 2.24) is 0 Å². The quantitative estimate of drug-likeness (QED) is 0.587. The van der Waals surface area contributed by atoms with E-state index in [0.29, 0.717) is 0 Å². The van der Waals surface area contributed by atoms with Crippen molar-refractivity contribution in [3.8, 4) is 5.75 Å². The fourth-order valence-corrected chi connectivity index (χ4v) is 1.40. The first-order valence-electron chi connectivity index (χ1n) is 5.89. The van der Waals surface area contributed by atoms with Crippen molar-refractivity contribution in [3.05, 3.63) is 23.8 Å². The number of halogens is 3. The number of primary amides is 1. The van der Waals surface area contributed by atoms with E-state index in [2.05, 4.69) is 10.1 Å². The van der Waals surface area contributed by atoms with Crippen molar-refractivity contribution in [2.75, 3.05) is 25.1 Å². The Morgan fingerprint density at radius 1 is 1.43 bits per heavy atom. The molecule has 1 atom stereocenters. The number of hydrogen-bond donors (Lipinski definition) is 4. The van der Waals surface area contributed by atoms with Gasteiger partial charge in [0, 0.05) is 12.1 Å². The predicted octanol–water partition coefficient (Wildman–Crippen LogP) is 0.492. The zero-order valence-corrected chi connectivity index (χ0v) is 10.9. The molecule has 1 amide bonds. The number of carbonyl (C=O) groups excluding carboxylic acids is 1. The highest BCUT2D eigenvalue weighted by Gasteiger charge is 2.29. The summed E-state index contributed by atoms with van der Waals surface area (Å²) in [4.78, 5) is 11.1. The summed E-state index contributed by atoms with van der Waals surface area (Å²) in [5.41, 5.74) is 5.20. The average Bonchev–Trinajstić information content (AvgIpc) is 2.41. The molecule has 0 aliphatic carbocycles. The molecule has 0 heterocycles. The first kappa shape index (κ1) is 17.1. The number of rotatable bonds is 7. The number of ether oxygens (including phenoxy) is 1. The summed E-state index contributed by atoms with van der Waals surface area (Å²) in [6.07, 6.45) is -5.62. The maximum atomic E-state index is 12.2. The number of aliphatic hydroxyl groups is 2. The third-order valence-electron chi connectivity index (χ3n) is 2.39. The molecule has 5 N–H and O–H groups in total. The molecule has 1 rings (SSSR count). The topological polar surface area (TPSA) is 105 Å². The van der Waals surface area contributed by atoms with Gasteiger partial charge in [0.15, 0.2) is 6.61 Å². The Bertz CT molecular complexity index is 494. The van der Waals surface area contributed by atoms with Gasteiger partial charge in [-0.05, 0) is 18.2 Å². The number of alkyl halides is 3. The Morgan fingerprint density at radius 3 is 2.62 bits per heavy atom. The van der Waals surface area contributed by atoms with Gasteiger partial charge in [-0.2, -0.15) is 13.2 Å². The minimum absolute atomic E-state index is 0.0584. The van der Waals surface area contributed by atoms with Gasteiger partial charge in [-0.25, -0.2) is 0 Å². The molecule has 0 fully saturated rings. The van der Waals surface area contributed by atoms with Gasteiger partial charge >= 0.3 is 6.18 Å². The highest BCUT2D eigenvalue weighted by molar-refractivity contribution is 5.94. The van der Waals surface area contributed by atoms with Gasteiger partial charge < -0.3 is 26.0 Å². The van der Waals surface area contributed by atoms with Crippen LogP contribution in [0.3, 0.4) is 0 Å². The van der Waals surface area contributed by atoms with Crippen molar-refractivity contribution in [1.29, 1.82) is 0 Å². The number of nitrogens with two attached hydrogens (primary N) is 1. The monoisotopic (exact) mass is 308 g/mol. The number of hydrogen-bond acceptors (Lipinski definition) is 5. The minimum atomic E-state index is -4.51. The van der Waals surface area contributed by atoms with E-state index < -0.39 is 31.4 Å². The molecule has 0 saturated heterocycles. The largest absolute Gasteiger partial charge is 0.482 e. The summed E-state index contributed by atoms with van der Waals surface area (Å²) in [5, 5.41) is 20.5. The molecule has 6 nitrogen and oxygen atoms in total. The van der Waals surface area contributed by atoms with Crippen LogP contribution in [0.25, 0.3) is 0 Å². The molecule has 0 aliphatic heterocycles. The lowest BCUT2D eigenvalue weighted by Gasteiger charge is -2.16. The normalized spacial score (nSPS) is 12.8. The predicted molar refractivity (Wildman–Crippen MR) is 68.1 cm³/mol. The summed E-state index contributed by atoms with van der Waals surface area (Å²) >= 11 is 0. The van der Waals surface area contributed by atoms with E-state index in [1.54, 1.807) is 0 Å². The Balaban J connectivity index is 2.91. The Hall–Kier alpha value is -2.00. The standard InChI is InChI=1S/C12H15F3N2O4/c13-12(14,15)6-21-10-2-1-7(11(16)20)3-9(10)17-4-8(19)5-18/h1-3,8,17-19H,4-6H2,(H2,16,20). The van der Waals surface area contributed by atoms with Gasteiger partial charge in [0.25, 0.3) is 0 Å². The zero-order valence-electron chi connectivity index (χ0n) is 10.9. The third-order valence-corrected chi connectivity index (χ3v) is 2.39. The Morgan fingerprint density at radius 2 is 2.10 bits per heavy atom. The van der Waals surface area contributed by atoms with Crippen LogP contribution in [0.2, 0.25) is 0 Å². The first-order valence-corrected chi connectivity index (χ1v) is 5.89. The van der Waals surface area contributed by atoms with Gasteiger partial charge in [0.2, 0.25) is 5.91 Å². The molecule has 0 aliphatic rings. The molecule has 0 aromatic heterocycles. The van der Waals surface area contributed by atoms with E-state index in [4.69, 9.17) is 10.8 Å². The molecule has 1 aromatic carbocycles.